The van der Waals surface area contributed by atoms with E-state index < -0.39 is 0 Å². The first-order valence-corrected chi connectivity index (χ1v) is 9.78. The maximum Gasteiger partial charge on any atom is 0.180 e. The highest BCUT2D eigenvalue weighted by atomic mass is 16.1. The number of anilines is 1. The molecule has 0 aromatic carbocycles. The summed E-state index contributed by atoms with van der Waals surface area (Å²) >= 11 is 0. The number of Topliss-reactive ketones (excluding diaryl/α,β-unsaturated/α-hetero) is 1. The Balaban J connectivity index is 1.53. The molecular weight excluding hydrogens is 326 g/mol. The summed E-state index contributed by atoms with van der Waals surface area (Å²) in [6, 6.07) is 2.00. The molecule has 0 saturated carbocycles. The third-order valence-corrected chi connectivity index (χ3v) is 5.43. The van der Waals surface area contributed by atoms with Gasteiger partial charge in [-0.05, 0) is 45.0 Å². The van der Waals surface area contributed by atoms with Crippen LogP contribution in [0.25, 0.3) is 11.2 Å². The Morgan fingerprint density at radius 3 is 2.54 bits per heavy atom. The molecule has 1 saturated heterocycles. The average molecular weight is 355 g/mol. The lowest BCUT2D eigenvalue weighted by Gasteiger charge is -2.33. The number of carbonyl (C=O) groups is 1. The van der Waals surface area contributed by atoms with Crippen molar-refractivity contribution in [3.8, 4) is 0 Å². The second kappa shape index (κ2) is 9.03. The Morgan fingerprint density at radius 1 is 1.12 bits per heavy atom. The topological polar surface area (TPSA) is 62.2 Å². The van der Waals surface area contributed by atoms with Crippen LogP contribution >= 0.6 is 0 Å². The third kappa shape index (κ3) is 4.36. The van der Waals surface area contributed by atoms with Gasteiger partial charge in [-0.15, -0.1) is 0 Å². The van der Waals surface area contributed by atoms with Crippen molar-refractivity contribution >= 4 is 22.6 Å². The van der Waals surface area contributed by atoms with Crippen LogP contribution in [-0.2, 0) is 4.79 Å². The molecule has 0 bridgehead atoms. The van der Waals surface area contributed by atoms with Crippen LogP contribution in [-0.4, -0.2) is 58.4 Å². The van der Waals surface area contributed by atoms with Gasteiger partial charge in [0.25, 0.3) is 0 Å². The van der Waals surface area contributed by atoms with Crippen molar-refractivity contribution < 1.29 is 4.79 Å². The molecule has 0 unspecified atom stereocenters. The second-order valence-electron chi connectivity index (χ2n) is 6.92. The summed E-state index contributed by atoms with van der Waals surface area (Å²) in [5.74, 6) is 0.651. The largest absolute Gasteiger partial charge is 0.370 e. The molecule has 0 N–H and O–H groups in total. The molecule has 2 aromatic rings. The van der Waals surface area contributed by atoms with E-state index in [1.165, 1.54) is 0 Å². The molecule has 2 aromatic heterocycles. The van der Waals surface area contributed by atoms with Crippen molar-refractivity contribution in [1.29, 1.82) is 0 Å². The van der Waals surface area contributed by atoms with Gasteiger partial charge in [-0.1, -0.05) is 13.8 Å². The highest BCUT2D eigenvalue weighted by molar-refractivity contribution is 5.85. The summed E-state index contributed by atoms with van der Waals surface area (Å²) in [6.07, 6.45) is 8.71. The number of fused-ring (bicyclic) bond motifs is 1. The number of ketones is 1. The number of nitrogens with zero attached hydrogens (tertiary/aromatic N) is 5. The van der Waals surface area contributed by atoms with Crippen LogP contribution < -0.4 is 4.90 Å². The number of carbonyl (C=O) groups excluding carboxylic acids is 1. The molecule has 3 heterocycles. The van der Waals surface area contributed by atoms with Gasteiger partial charge in [0.1, 0.15) is 11.3 Å². The smallest absolute Gasteiger partial charge is 0.180 e. The van der Waals surface area contributed by atoms with E-state index in [0.717, 1.165) is 63.2 Å². The average Bonchev–Trinajstić information content (AvgIpc) is 2.71. The molecule has 1 aliphatic rings. The summed E-state index contributed by atoms with van der Waals surface area (Å²) < 4.78 is 0. The molecule has 0 radical (unpaired) electrons. The SMILES string of the molecule is CCN(CC)CCCC(=O)C1CCN(c2ccnc3nccnc23)CC1. The van der Waals surface area contributed by atoms with Crippen LogP contribution in [0.15, 0.2) is 24.7 Å². The van der Waals surface area contributed by atoms with Crippen molar-refractivity contribution in [2.45, 2.75) is 39.5 Å². The van der Waals surface area contributed by atoms with Gasteiger partial charge in [-0.3, -0.25) is 4.79 Å². The summed E-state index contributed by atoms with van der Waals surface area (Å²) in [5.41, 5.74) is 2.61. The Hall–Kier alpha value is -2.08. The van der Waals surface area contributed by atoms with Gasteiger partial charge in [0.05, 0.1) is 5.69 Å². The fourth-order valence-corrected chi connectivity index (χ4v) is 3.78. The van der Waals surface area contributed by atoms with Gasteiger partial charge in [0, 0.05) is 44.0 Å². The van der Waals surface area contributed by atoms with E-state index in [2.05, 4.69) is 38.6 Å². The van der Waals surface area contributed by atoms with E-state index in [-0.39, 0.29) is 5.92 Å². The minimum atomic E-state index is 0.210. The van der Waals surface area contributed by atoms with Gasteiger partial charge in [-0.25, -0.2) is 15.0 Å². The number of rotatable bonds is 8. The van der Waals surface area contributed by atoms with Gasteiger partial charge in [-0.2, -0.15) is 0 Å². The van der Waals surface area contributed by atoms with Crippen LogP contribution in [0, 0.1) is 5.92 Å². The lowest BCUT2D eigenvalue weighted by molar-refractivity contribution is -0.123. The summed E-state index contributed by atoms with van der Waals surface area (Å²) in [5, 5.41) is 0. The fraction of sp³-hybridized carbons (Fsp3) is 0.600. The van der Waals surface area contributed by atoms with Gasteiger partial charge in [0.2, 0.25) is 0 Å². The number of hydrogen-bond donors (Lipinski definition) is 0. The lowest BCUT2D eigenvalue weighted by atomic mass is 9.90. The molecular formula is C20H29N5O. The summed E-state index contributed by atoms with van der Waals surface area (Å²) in [4.78, 5) is 30.3. The molecule has 0 amide bonds. The predicted octanol–water partition coefficient (Wildman–Crippen LogP) is 2.93. The van der Waals surface area contributed by atoms with Crippen molar-refractivity contribution in [3.05, 3.63) is 24.7 Å². The molecule has 0 aliphatic carbocycles. The van der Waals surface area contributed by atoms with Crippen molar-refractivity contribution in [2.24, 2.45) is 5.92 Å². The fourth-order valence-electron chi connectivity index (χ4n) is 3.78. The minimum absolute atomic E-state index is 0.210. The second-order valence-corrected chi connectivity index (χ2v) is 6.92. The van der Waals surface area contributed by atoms with Crippen LogP contribution in [0.5, 0.6) is 0 Å². The van der Waals surface area contributed by atoms with Crippen LogP contribution in [0.2, 0.25) is 0 Å². The molecule has 1 aliphatic heterocycles. The van der Waals surface area contributed by atoms with Crippen LogP contribution in [0.4, 0.5) is 5.69 Å². The number of pyridine rings is 1. The third-order valence-electron chi connectivity index (χ3n) is 5.43. The maximum absolute atomic E-state index is 12.5. The molecule has 0 atom stereocenters. The Morgan fingerprint density at radius 2 is 1.81 bits per heavy atom. The Labute approximate surface area is 155 Å². The van der Waals surface area contributed by atoms with Gasteiger partial charge in [0.15, 0.2) is 5.65 Å². The van der Waals surface area contributed by atoms with Crippen molar-refractivity contribution in [2.75, 3.05) is 37.6 Å². The first-order valence-electron chi connectivity index (χ1n) is 9.78. The molecule has 26 heavy (non-hydrogen) atoms. The first-order chi connectivity index (χ1) is 12.7. The van der Waals surface area contributed by atoms with E-state index in [1.807, 2.05) is 6.07 Å². The lowest BCUT2D eigenvalue weighted by Crippen LogP contribution is -2.36. The summed E-state index contributed by atoms with van der Waals surface area (Å²) in [6.45, 7) is 9.28. The molecule has 140 valence electrons. The van der Waals surface area contributed by atoms with E-state index in [9.17, 15) is 4.79 Å². The highest BCUT2D eigenvalue weighted by Gasteiger charge is 2.25. The zero-order valence-electron chi connectivity index (χ0n) is 15.9. The Kier molecular flexibility index (Phi) is 6.50. The number of piperidine rings is 1. The van der Waals surface area contributed by atoms with Crippen molar-refractivity contribution in [1.82, 2.24) is 19.9 Å². The molecule has 0 spiro atoms. The predicted molar refractivity (Wildman–Crippen MR) is 104 cm³/mol. The van der Waals surface area contributed by atoms with Crippen LogP contribution in [0.3, 0.4) is 0 Å². The van der Waals surface area contributed by atoms with Crippen molar-refractivity contribution in [3.63, 3.8) is 0 Å². The van der Waals surface area contributed by atoms with E-state index in [1.54, 1.807) is 18.6 Å². The number of hydrogen-bond acceptors (Lipinski definition) is 6. The summed E-state index contributed by atoms with van der Waals surface area (Å²) in [7, 11) is 0. The zero-order valence-corrected chi connectivity index (χ0v) is 15.9. The number of aromatic nitrogens is 3. The standard InChI is InChI=1S/C20H29N5O/c1-3-24(4-2)13-5-6-18(26)16-8-14-25(15-9-16)17-7-10-22-20-19(17)21-11-12-23-20/h7,10-12,16H,3-6,8-9,13-15H2,1-2H3. The highest BCUT2D eigenvalue weighted by Crippen LogP contribution is 2.28. The van der Waals surface area contributed by atoms with E-state index >= 15 is 0 Å². The monoisotopic (exact) mass is 355 g/mol. The van der Waals surface area contributed by atoms with Gasteiger partial charge < -0.3 is 9.80 Å². The Bertz CT molecular complexity index is 718. The van der Waals surface area contributed by atoms with E-state index in [0.29, 0.717) is 17.9 Å². The normalized spacial score (nSPS) is 15.7. The van der Waals surface area contributed by atoms with Gasteiger partial charge >= 0.3 is 0 Å². The molecule has 3 rings (SSSR count). The first kappa shape index (κ1) is 18.7. The zero-order chi connectivity index (χ0) is 18.4. The quantitative estimate of drug-likeness (QED) is 0.725. The molecule has 6 nitrogen and oxygen atoms in total. The molecule has 6 heteroatoms. The van der Waals surface area contributed by atoms with E-state index in [4.69, 9.17) is 0 Å². The minimum Gasteiger partial charge on any atom is -0.370 e. The van der Waals surface area contributed by atoms with Crippen LogP contribution in [0.1, 0.15) is 39.5 Å². The maximum atomic E-state index is 12.5. The molecule has 1 fully saturated rings.